The molecule has 0 spiro atoms. The van der Waals surface area contributed by atoms with Crippen molar-refractivity contribution < 1.29 is 19.4 Å². The minimum atomic E-state index is -1.02. The highest BCUT2D eigenvalue weighted by atomic mass is 16.5. The molecule has 0 radical (unpaired) electrons. The first-order valence-corrected chi connectivity index (χ1v) is 6.64. The fourth-order valence-electron chi connectivity index (χ4n) is 2.46. The van der Waals surface area contributed by atoms with E-state index in [0.29, 0.717) is 13.2 Å². The highest BCUT2D eigenvalue weighted by Crippen LogP contribution is 2.11. The van der Waals surface area contributed by atoms with E-state index >= 15 is 0 Å². The van der Waals surface area contributed by atoms with Crippen LogP contribution in [0, 0.1) is 0 Å². The van der Waals surface area contributed by atoms with Gasteiger partial charge in [0.25, 0.3) is 0 Å². The van der Waals surface area contributed by atoms with Gasteiger partial charge in [-0.2, -0.15) is 0 Å². The lowest BCUT2D eigenvalue weighted by Crippen LogP contribution is -2.57. The van der Waals surface area contributed by atoms with Gasteiger partial charge in [0.1, 0.15) is 0 Å². The van der Waals surface area contributed by atoms with Crippen molar-refractivity contribution in [1.29, 1.82) is 0 Å². The number of hydrogen-bond donors (Lipinski definition) is 2. The summed E-state index contributed by atoms with van der Waals surface area (Å²) in [4.78, 5) is 26.8. The van der Waals surface area contributed by atoms with E-state index in [1.54, 1.807) is 0 Å². The zero-order valence-corrected chi connectivity index (χ0v) is 11.2. The third-order valence-corrected chi connectivity index (χ3v) is 3.72. The smallest absolute Gasteiger partial charge is 0.328 e. The SMILES string of the molecule is CN1CCC(NC(=O)N2CCOCC2C(=O)O)CC1. The number of nitrogens with zero attached hydrogens (tertiary/aromatic N) is 2. The Hall–Kier alpha value is -1.34. The Bertz CT molecular complexity index is 342. The van der Waals surface area contributed by atoms with Gasteiger partial charge >= 0.3 is 12.0 Å². The number of aliphatic carboxylic acids is 1. The van der Waals surface area contributed by atoms with Crippen LogP contribution in [0.25, 0.3) is 0 Å². The molecular weight excluding hydrogens is 250 g/mol. The highest BCUT2D eigenvalue weighted by molar-refractivity contribution is 5.83. The number of carboxylic acid groups (broad SMARTS) is 1. The summed E-state index contributed by atoms with van der Waals surface area (Å²) in [5.41, 5.74) is 0. The van der Waals surface area contributed by atoms with Crippen LogP contribution < -0.4 is 5.32 Å². The van der Waals surface area contributed by atoms with Crippen molar-refractivity contribution in [1.82, 2.24) is 15.1 Å². The first-order valence-electron chi connectivity index (χ1n) is 6.64. The number of urea groups is 1. The van der Waals surface area contributed by atoms with Gasteiger partial charge in [0, 0.05) is 12.6 Å². The number of nitrogens with one attached hydrogen (secondary N) is 1. The van der Waals surface area contributed by atoms with Gasteiger partial charge in [-0.15, -0.1) is 0 Å². The lowest BCUT2D eigenvalue weighted by atomic mass is 10.1. The second-order valence-electron chi connectivity index (χ2n) is 5.15. The van der Waals surface area contributed by atoms with Gasteiger partial charge in [-0.3, -0.25) is 0 Å². The maximum absolute atomic E-state index is 12.1. The average Bonchev–Trinajstić information content (AvgIpc) is 2.41. The lowest BCUT2D eigenvalue weighted by molar-refractivity contribution is -0.147. The van der Waals surface area contributed by atoms with Crippen molar-refractivity contribution in [2.24, 2.45) is 0 Å². The number of morpholine rings is 1. The zero-order chi connectivity index (χ0) is 13.8. The van der Waals surface area contributed by atoms with E-state index < -0.39 is 12.0 Å². The summed E-state index contributed by atoms with van der Waals surface area (Å²) in [5, 5.41) is 12.0. The molecule has 2 amide bonds. The zero-order valence-electron chi connectivity index (χ0n) is 11.2. The second-order valence-corrected chi connectivity index (χ2v) is 5.15. The molecule has 0 aromatic heterocycles. The minimum Gasteiger partial charge on any atom is -0.480 e. The van der Waals surface area contributed by atoms with Crippen molar-refractivity contribution in [2.45, 2.75) is 24.9 Å². The quantitative estimate of drug-likeness (QED) is 0.712. The van der Waals surface area contributed by atoms with E-state index in [4.69, 9.17) is 9.84 Å². The number of carboxylic acids is 1. The van der Waals surface area contributed by atoms with Gasteiger partial charge in [0.05, 0.1) is 13.2 Å². The predicted molar refractivity (Wildman–Crippen MR) is 68.0 cm³/mol. The Morgan fingerprint density at radius 2 is 1.95 bits per heavy atom. The molecule has 7 heteroatoms. The van der Waals surface area contributed by atoms with E-state index in [9.17, 15) is 9.59 Å². The first-order chi connectivity index (χ1) is 9.08. The summed E-state index contributed by atoms with van der Waals surface area (Å²) in [6, 6.07) is -1.02. The standard InChI is InChI=1S/C12H21N3O4/c1-14-4-2-9(3-5-14)13-12(18)15-6-7-19-8-10(15)11(16)17/h9-10H,2-8H2,1H3,(H,13,18)(H,16,17). The molecular formula is C12H21N3O4. The monoisotopic (exact) mass is 271 g/mol. The van der Waals surface area contributed by atoms with Crippen molar-refractivity contribution >= 4 is 12.0 Å². The number of carbonyl (C=O) groups is 2. The van der Waals surface area contributed by atoms with Gasteiger partial charge in [-0.25, -0.2) is 9.59 Å². The van der Waals surface area contributed by atoms with E-state index in [2.05, 4.69) is 17.3 Å². The molecule has 2 rings (SSSR count). The number of piperidine rings is 1. The van der Waals surface area contributed by atoms with Crippen LogP contribution in [0.15, 0.2) is 0 Å². The molecule has 0 bridgehead atoms. The van der Waals surface area contributed by atoms with Crippen LogP contribution in [0.1, 0.15) is 12.8 Å². The van der Waals surface area contributed by atoms with Crippen LogP contribution in [0.2, 0.25) is 0 Å². The van der Waals surface area contributed by atoms with Crippen LogP contribution in [-0.2, 0) is 9.53 Å². The molecule has 2 saturated heterocycles. The summed E-state index contributed by atoms with van der Waals surface area (Å²) < 4.78 is 5.12. The molecule has 0 saturated carbocycles. The molecule has 2 aliphatic rings. The molecule has 0 aromatic rings. The molecule has 19 heavy (non-hydrogen) atoms. The summed E-state index contributed by atoms with van der Waals surface area (Å²) in [6.07, 6.45) is 1.81. The third kappa shape index (κ3) is 3.57. The lowest BCUT2D eigenvalue weighted by Gasteiger charge is -2.35. The predicted octanol–water partition coefficient (Wildman–Crippen LogP) is -0.424. The van der Waals surface area contributed by atoms with Gasteiger partial charge in [0.2, 0.25) is 0 Å². The Labute approximate surface area is 112 Å². The maximum atomic E-state index is 12.1. The fraction of sp³-hybridized carbons (Fsp3) is 0.833. The number of rotatable bonds is 2. The van der Waals surface area contributed by atoms with Crippen LogP contribution in [-0.4, -0.2) is 78.9 Å². The fourth-order valence-corrected chi connectivity index (χ4v) is 2.46. The summed E-state index contributed by atoms with van der Waals surface area (Å²) in [5.74, 6) is -1.02. The summed E-state index contributed by atoms with van der Waals surface area (Å²) in [6.45, 7) is 2.70. The molecule has 1 unspecified atom stereocenters. The molecule has 108 valence electrons. The maximum Gasteiger partial charge on any atom is 0.328 e. The normalized spacial score (nSPS) is 26.2. The molecule has 0 aliphatic carbocycles. The van der Waals surface area contributed by atoms with E-state index in [1.807, 2.05) is 0 Å². The molecule has 2 aliphatic heterocycles. The van der Waals surface area contributed by atoms with Gasteiger partial charge in [-0.1, -0.05) is 0 Å². The van der Waals surface area contributed by atoms with E-state index in [0.717, 1.165) is 25.9 Å². The Morgan fingerprint density at radius 3 is 2.58 bits per heavy atom. The van der Waals surface area contributed by atoms with Gasteiger partial charge in [0.15, 0.2) is 6.04 Å². The van der Waals surface area contributed by atoms with E-state index in [-0.39, 0.29) is 18.7 Å². The minimum absolute atomic E-state index is 0.0656. The second kappa shape index (κ2) is 6.21. The Kier molecular flexibility index (Phi) is 4.60. The Balaban J connectivity index is 1.89. The van der Waals surface area contributed by atoms with Gasteiger partial charge in [-0.05, 0) is 33.0 Å². The van der Waals surface area contributed by atoms with Crippen LogP contribution >= 0.6 is 0 Å². The van der Waals surface area contributed by atoms with Crippen molar-refractivity contribution in [2.75, 3.05) is 39.9 Å². The molecule has 0 aromatic carbocycles. The number of ether oxygens (including phenoxy) is 1. The van der Waals surface area contributed by atoms with Crippen LogP contribution in [0.3, 0.4) is 0 Å². The third-order valence-electron chi connectivity index (χ3n) is 3.72. The highest BCUT2D eigenvalue weighted by Gasteiger charge is 2.33. The van der Waals surface area contributed by atoms with Crippen LogP contribution in [0.4, 0.5) is 4.79 Å². The number of likely N-dealkylation sites (tertiary alicyclic amines) is 1. The molecule has 7 nitrogen and oxygen atoms in total. The number of hydrogen-bond acceptors (Lipinski definition) is 4. The largest absolute Gasteiger partial charge is 0.480 e. The molecule has 2 heterocycles. The topological polar surface area (TPSA) is 82.1 Å². The van der Waals surface area contributed by atoms with Crippen molar-refractivity contribution in [3.05, 3.63) is 0 Å². The van der Waals surface area contributed by atoms with Crippen LogP contribution in [0.5, 0.6) is 0 Å². The summed E-state index contributed by atoms with van der Waals surface area (Å²) in [7, 11) is 2.06. The van der Waals surface area contributed by atoms with Gasteiger partial charge < -0.3 is 25.0 Å². The molecule has 1 atom stereocenters. The average molecular weight is 271 g/mol. The summed E-state index contributed by atoms with van der Waals surface area (Å²) >= 11 is 0. The Morgan fingerprint density at radius 1 is 1.26 bits per heavy atom. The molecule has 2 N–H and O–H groups in total. The van der Waals surface area contributed by atoms with E-state index in [1.165, 1.54) is 4.90 Å². The number of amides is 2. The van der Waals surface area contributed by atoms with Crippen molar-refractivity contribution in [3.8, 4) is 0 Å². The van der Waals surface area contributed by atoms with Crippen molar-refractivity contribution in [3.63, 3.8) is 0 Å². The first kappa shape index (κ1) is 14.1. The number of carbonyl (C=O) groups excluding carboxylic acids is 1. The molecule has 2 fully saturated rings.